The molecule has 1 aromatic heterocycles. The molecule has 1 heterocycles. The average Bonchev–Trinajstić information content (AvgIpc) is 2.39. The zero-order valence-corrected chi connectivity index (χ0v) is 6.76. The topological polar surface area (TPSA) is 34.1 Å². The Morgan fingerprint density at radius 3 is 1.91 bits per heavy atom. The van der Waals surface area contributed by atoms with E-state index in [0.29, 0.717) is 12.8 Å². The van der Waals surface area contributed by atoms with Gasteiger partial charge in [0.05, 0.1) is 0 Å². The number of carbonyl (C=O) groups excluding carboxylic acids is 2. The van der Waals surface area contributed by atoms with Crippen LogP contribution in [-0.2, 0) is 22.4 Å². The van der Waals surface area contributed by atoms with Crippen molar-refractivity contribution in [3.8, 4) is 0 Å². The van der Waals surface area contributed by atoms with Crippen LogP contribution in [0.3, 0.4) is 0 Å². The third kappa shape index (κ3) is 1.98. The predicted octanol–water partition coefficient (Wildman–Crippen LogP) is 1.23. The van der Waals surface area contributed by atoms with E-state index in [1.165, 1.54) is 11.3 Å². The van der Waals surface area contributed by atoms with E-state index in [-0.39, 0.29) is 0 Å². The molecule has 0 spiro atoms. The molecule has 0 saturated heterocycles. The second kappa shape index (κ2) is 4.03. The van der Waals surface area contributed by atoms with Crippen molar-refractivity contribution in [3.63, 3.8) is 0 Å². The van der Waals surface area contributed by atoms with Crippen molar-refractivity contribution < 1.29 is 9.59 Å². The summed E-state index contributed by atoms with van der Waals surface area (Å²) in [6.45, 7) is 0. The van der Waals surface area contributed by atoms with Gasteiger partial charge < -0.3 is 9.59 Å². The van der Waals surface area contributed by atoms with Gasteiger partial charge in [0.25, 0.3) is 0 Å². The minimum atomic E-state index is 0.423. The van der Waals surface area contributed by atoms with Gasteiger partial charge in [-0.2, -0.15) is 11.3 Å². The van der Waals surface area contributed by atoms with Crippen LogP contribution in [0.5, 0.6) is 0 Å². The molecule has 0 bridgehead atoms. The Morgan fingerprint density at radius 2 is 1.55 bits per heavy atom. The van der Waals surface area contributed by atoms with Crippen LogP contribution >= 0.6 is 11.3 Å². The largest absolute Gasteiger partial charge is 0.303 e. The van der Waals surface area contributed by atoms with Crippen molar-refractivity contribution in [3.05, 3.63) is 21.9 Å². The number of hydrogen-bond acceptors (Lipinski definition) is 3. The van der Waals surface area contributed by atoms with E-state index in [4.69, 9.17) is 0 Å². The summed E-state index contributed by atoms with van der Waals surface area (Å²) >= 11 is 1.53. The molecule has 0 aliphatic rings. The molecular formula is C8H8O2S. The minimum Gasteiger partial charge on any atom is -0.303 e. The van der Waals surface area contributed by atoms with Gasteiger partial charge in [-0.05, 0) is 21.9 Å². The van der Waals surface area contributed by atoms with Crippen molar-refractivity contribution in [2.24, 2.45) is 0 Å². The molecule has 1 rings (SSSR count). The SMILES string of the molecule is O=CCc1cscc1CC=O. The van der Waals surface area contributed by atoms with Crippen LogP contribution in [0, 0.1) is 0 Å². The number of rotatable bonds is 4. The lowest BCUT2D eigenvalue weighted by molar-refractivity contribution is -0.108. The molecule has 2 nitrogen and oxygen atoms in total. The Kier molecular flexibility index (Phi) is 2.98. The molecule has 0 aromatic carbocycles. The van der Waals surface area contributed by atoms with Crippen molar-refractivity contribution in [1.82, 2.24) is 0 Å². The van der Waals surface area contributed by atoms with Crippen LogP contribution in [0.2, 0.25) is 0 Å². The fraction of sp³-hybridized carbons (Fsp3) is 0.250. The van der Waals surface area contributed by atoms with Gasteiger partial charge >= 0.3 is 0 Å². The molecule has 0 radical (unpaired) electrons. The van der Waals surface area contributed by atoms with Crippen LogP contribution < -0.4 is 0 Å². The van der Waals surface area contributed by atoms with E-state index in [1.54, 1.807) is 0 Å². The third-order valence-corrected chi connectivity index (χ3v) is 2.28. The van der Waals surface area contributed by atoms with Gasteiger partial charge in [0.1, 0.15) is 12.6 Å². The van der Waals surface area contributed by atoms with E-state index >= 15 is 0 Å². The monoisotopic (exact) mass is 168 g/mol. The number of thiophene rings is 1. The van der Waals surface area contributed by atoms with E-state index in [9.17, 15) is 9.59 Å². The van der Waals surface area contributed by atoms with Gasteiger partial charge in [0.15, 0.2) is 0 Å². The van der Waals surface area contributed by atoms with E-state index < -0.39 is 0 Å². The molecular weight excluding hydrogens is 160 g/mol. The molecule has 0 atom stereocenters. The van der Waals surface area contributed by atoms with E-state index in [0.717, 1.165) is 23.7 Å². The molecule has 0 fully saturated rings. The second-order valence-corrected chi connectivity index (χ2v) is 2.91. The predicted molar refractivity (Wildman–Crippen MR) is 43.9 cm³/mol. The van der Waals surface area contributed by atoms with Crippen molar-refractivity contribution in [2.75, 3.05) is 0 Å². The van der Waals surface area contributed by atoms with Crippen molar-refractivity contribution in [1.29, 1.82) is 0 Å². The van der Waals surface area contributed by atoms with Gasteiger partial charge in [-0.3, -0.25) is 0 Å². The number of aldehydes is 2. The lowest BCUT2D eigenvalue weighted by atomic mass is 10.1. The first-order valence-electron chi connectivity index (χ1n) is 3.29. The van der Waals surface area contributed by atoms with Crippen LogP contribution in [0.25, 0.3) is 0 Å². The summed E-state index contributed by atoms with van der Waals surface area (Å²) in [5.74, 6) is 0. The molecule has 0 saturated carbocycles. The van der Waals surface area contributed by atoms with Gasteiger partial charge in [0, 0.05) is 12.8 Å². The summed E-state index contributed by atoms with van der Waals surface area (Å²) in [6, 6.07) is 0. The maximum absolute atomic E-state index is 10.1. The normalized spacial score (nSPS) is 9.45. The van der Waals surface area contributed by atoms with Crippen LogP contribution in [0.1, 0.15) is 11.1 Å². The average molecular weight is 168 g/mol. The summed E-state index contributed by atoms with van der Waals surface area (Å²) in [5.41, 5.74) is 1.97. The fourth-order valence-corrected chi connectivity index (χ4v) is 1.78. The lowest BCUT2D eigenvalue weighted by Gasteiger charge is -1.92. The molecule has 58 valence electrons. The molecule has 3 heteroatoms. The Labute approximate surface area is 68.9 Å². The first-order valence-corrected chi connectivity index (χ1v) is 4.24. The Morgan fingerprint density at radius 1 is 1.09 bits per heavy atom. The quantitative estimate of drug-likeness (QED) is 0.634. The Hall–Kier alpha value is -0.960. The molecule has 0 aliphatic carbocycles. The molecule has 11 heavy (non-hydrogen) atoms. The van der Waals surface area contributed by atoms with Crippen molar-refractivity contribution >= 4 is 23.9 Å². The second-order valence-electron chi connectivity index (χ2n) is 2.16. The third-order valence-electron chi connectivity index (χ3n) is 1.44. The summed E-state index contributed by atoms with van der Waals surface area (Å²) in [7, 11) is 0. The van der Waals surface area contributed by atoms with Gasteiger partial charge in [-0.1, -0.05) is 0 Å². The maximum atomic E-state index is 10.1. The van der Waals surface area contributed by atoms with Crippen LogP contribution in [0.15, 0.2) is 10.8 Å². The highest BCUT2D eigenvalue weighted by Gasteiger charge is 2.01. The standard InChI is InChI=1S/C8H8O2S/c9-3-1-7-5-11-6-8(7)2-4-10/h3-6H,1-2H2. The highest BCUT2D eigenvalue weighted by atomic mass is 32.1. The fourth-order valence-electron chi connectivity index (χ4n) is 0.888. The Bertz CT molecular complexity index is 228. The lowest BCUT2D eigenvalue weighted by Crippen LogP contribution is -1.90. The van der Waals surface area contributed by atoms with Crippen LogP contribution in [0.4, 0.5) is 0 Å². The summed E-state index contributed by atoms with van der Waals surface area (Å²) in [6.07, 6.45) is 2.56. The van der Waals surface area contributed by atoms with E-state index in [2.05, 4.69) is 0 Å². The molecule has 1 aromatic rings. The summed E-state index contributed by atoms with van der Waals surface area (Å²) < 4.78 is 0. The van der Waals surface area contributed by atoms with Gasteiger partial charge in [0.2, 0.25) is 0 Å². The zero-order valence-electron chi connectivity index (χ0n) is 5.95. The van der Waals surface area contributed by atoms with Crippen molar-refractivity contribution in [2.45, 2.75) is 12.8 Å². The van der Waals surface area contributed by atoms with Gasteiger partial charge in [-0.25, -0.2) is 0 Å². The molecule has 0 amide bonds. The van der Waals surface area contributed by atoms with Crippen LogP contribution in [-0.4, -0.2) is 12.6 Å². The summed E-state index contributed by atoms with van der Waals surface area (Å²) in [5, 5.41) is 3.82. The highest BCUT2D eigenvalue weighted by molar-refractivity contribution is 7.08. The maximum Gasteiger partial charge on any atom is 0.124 e. The number of hydrogen-bond donors (Lipinski definition) is 0. The number of carbonyl (C=O) groups is 2. The molecule has 0 N–H and O–H groups in total. The first kappa shape index (κ1) is 8.14. The first-order chi connectivity index (χ1) is 5.38. The van der Waals surface area contributed by atoms with Gasteiger partial charge in [-0.15, -0.1) is 0 Å². The highest BCUT2D eigenvalue weighted by Crippen LogP contribution is 2.14. The smallest absolute Gasteiger partial charge is 0.124 e. The molecule has 0 unspecified atom stereocenters. The summed E-state index contributed by atoms with van der Waals surface area (Å²) in [4.78, 5) is 20.3. The van der Waals surface area contributed by atoms with E-state index in [1.807, 2.05) is 10.8 Å². The minimum absolute atomic E-state index is 0.423. The Balaban J connectivity index is 2.76. The zero-order chi connectivity index (χ0) is 8.10. The molecule has 0 aliphatic heterocycles.